The summed E-state index contributed by atoms with van der Waals surface area (Å²) in [4.78, 5) is 2.61. The van der Waals surface area contributed by atoms with E-state index in [1.54, 1.807) is 0 Å². The molecule has 2 nitrogen and oxygen atoms in total. The molecule has 1 N–H and O–H groups in total. The van der Waals surface area contributed by atoms with E-state index in [9.17, 15) is 0 Å². The molecule has 4 atom stereocenters. The zero-order valence-electron chi connectivity index (χ0n) is 11.5. The van der Waals surface area contributed by atoms with Gasteiger partial charge in [-0.3, -0.25) is 0 Å². The van der Waals surface area contributed by atoms with Crippen molar-refractivity contribution in [2.45, 2.75) is 38.8 Å². The Morgan fingerprint density at radius 2 is 1.89 bits per heavy atom. The van der Waals surface area contributed by atoms with Crippen LogP contribution in [0.5, 0.6) is 0 Å². The molecule has 2 aliphatic rings. The molecule has 0 aromatic heterocycles. The van der Waals surface area contributed by atoms with Crippen molar-refractivity contribution in [3.05, 3.63) is 35.4 Å². The number of hydrogen-bond donors (Lipinski definition) is 1. The fourth-order valence-corrected chi connectivity index (χ4v) is 3.44. The van der Waals surface area contributed by atoms with Crippen molar-refractivity contribution >= 4 is 0 Å². The highest BCUT2D eigenvalue weighted by Gasteiger charge is 2.34. The number of nitrogens with zero attached hydrogens (tertiary/aromatic N) is 1. The second-order valence-electron chi connectivity index (χ2n) is 6.04. The van der Waals surface area contributed by atoms with E-state index in [1.807, 2.05) is 0 Å². The van der Waals surface area contributed by atoms with Crippen molar-refractivity contribution < 1.29 is 0 Å². The summed E-state index contributed by atoms with van der Waals surface area (Å²) in [6.45, 7) is 8.37. The van der Waals surface area contributed by atoms with Gasteiger partial charge in [-0.15, -0.1) is 0 Å². The molecule has 0 spiro atoms. The molecule has 0 aliphatic carbocycles. The molecule has 2 heterocycles. The van der Waals surface area contributed by atoms with Gasteiger partial charge >= 0.3 is 0 Å². The summed E-state index contributed by atoms with van der Waals surface area (Å²) in [7, 11) is 0. The van der Waals surface area contributed by atoms with Crippen LogP contribution in [-0.2, 0) is 0 Å². The molecule has 0 saturated carbocycles. The molecule has 3 rings (SSSR count). The molecule has 0 radical (unpaired) electrons. The Morgan fingerprint density at radius 3 is 2.67 bits per heavy atom. The lowest BCUT2D eigenvalue weighted by molar-refractivity contribution is 0.212. The second kappa shape index (κ2) is 5.02. The average molecular weight is 244 g/mol. The topological polar surface area (TPSA) is 15.3 Å². The van der Waals surface area contributed by atoms with E-state index >= 15 is 0 Å². The third-order valence-corrected chi connectivity index (χ3v) is 4.68. The van der Waals surface area contributed by atoms with E-state index in [0.717, 1.165) is 12.0 Å². The lowest BCUT2D eigenvalue weighted by Crippen LogP contribution is -2.44. The van der Waals surface area contributed by atoms with E-state index < -0.39 is 0 Å². The van der Waals surface area contributed by atoms with Gasteiger partial charge in [-0.2, -0.15) is 0 Å². The Morgan fingerprint density at radius 1 is 1.17 bits per heavy atom. The molecule has 2 aliphatic heterocycles. The monoisotopic (exact) mass is 244 g/mol. The van der Waals surface area contributed by atoms with Crippen molar-refractivity contribution in [2.75, 3.05) is 19.6 Å². The number of fused-ring (bicyclic) bond motifs is 2. The van der Waals surface area contributed by atoms with Crippen LogP contribution in [0.3, 0.4) is 0 Å². The maximum atomic E-state index is 3.86. The lowest BCUT2D eigenvalue weighted by Gasteiger charge is -2.33. The van der Waals surface area contributed by atoms with Gasteiger partial charge in [0.15, 0.2) is 0 Å². The second-order valence-corrected chi connectivity index (χ2v) is 6.04. The first-order chi connectivity index (χ1) is 8.72. The zero-order valence-corrected chi connectivity index (χ0v) is 11.5. The molecule has 2 fully saturated rings. The Kier molecular flexibility index (Phi) is 3.40. The van der Waals surface area contributed by atoms with Gasteiger partial charge in [0.1, 0.15) is 0 Å². The number of piperidine rings is 1. The summed E-state index contributed by atoms with van der Waals surface area (Å²) < 4.78 is 0. The van der Waals surface area contributed by atoms with Gasteiger partial charge in [0, 0.05) is 18.6 Å². The van der Waals surface area contributed by atoms with Crippen molar-refractivity contribution in [3.63, 3.8) is 0 Å². The SMILES string of the molecule is Cc1ccc([C@@H](C)NC2CCN3CCC2C3)cc1. The Hall–Kier alpha value is -0.860. The normalized spacial score (nSPS) is 32.4. The minimum absolute atomic E-state index is 0.475. The third-order valence-electron chi connectivity index (χ3n) is 4.68. The molecule has 1 aromatic rings. The Balaban J connectivity index is 1.63. The van der Waals surface area contributed by atoms with E-state index in [-0.39, 0.29) is 0 Å². The minimum atomic E-state index is 0.475. The number of rotatable bonds is 3. The summed E-state index contributed by atoms with van der Waals surface area (Å²) in [6.07, 6.45) is 2.71. The first-order valence-corrected chi connectivity index (χ1v) is 7.27. The fourth-order valence-electron chi connectivity index (χ4n) is 3.44. The van der Waals surface area contributed by atoms with Gasteiger partial charge in [-0.05, 0) is 51.3 Å². The van der Waals surface area contributed by atoms with Crippen molar-refractivity contribution in [1.29, 1.82) is 0 Å². The van der Waals surface area contributed by atoms with E-state index in [4.69, 9.17) is 0 Å². The third kappa shape index (κ3) is 2.45. The van der Waals surface area contributed by atoms with Crippen LogP contribution in [0, 0.1) is 12.8 Å². The molecule has 3 unspecified atom stereocenters. The van der Waals surface area contributed by atoms with Crippen LogP contribution < -0.4 is 5.32 Å². The van der Waals surface area contributed by atoms with Crippen molar-refractivity contribution in [2.24, 2.45) is 5.92 Å². The van der Waals surface area contributed by atoms with Crippen LogP contribution in [-0.4, -0.2) is 30.6 Å². The largest absolute Gasteiger partial charge is 0.307 e. The molecular formula is C16H24N2. The van der Waals surface area contributed by atoms with E-state index in [2.05, 4.69) is 48.3 Å². The molecule has 2 bridgehead atoms. The van der Waals surface area contributed by atoms with Gasteiger partial charge in [0.25, 0.3) is 0 Å². The van der Waals surface area contributed by atoms with Crippen LogP contribution in [0.15, 0.2) is 24.3 Å². The highest BCUT2D eigenvalue weighted by Crippen LogP contribution is 2.28. The maximum absolute atomic E-state index is 3.86. The molecule has 0 amide bonds. The molecule has 98 valence electrons. The smallest absolute Gasteiger partial charge is 0.0294 e. The van der Waals surface area contributed by atoms with Crippen LogP contribution in [0.1, 0.15) is 36.9 Å². The van der Waals surface area contributed by atoms with Gasteiger partial charge in [-0.25, -0.2) is 0 Å². The van der Waals surface area contributed by atoms with Crippen LogP contribution in [0.4, 0.5) is 0 Å². The van der Waals surface area contributed by atoms with Gasteiger partial charge < -0.3 is 10.2 Å². The molecule has 2 heteroatoms. The predicted octanol–water partition coefficient (Wildman–Crippen LogP) is 2.74. The first kappa shape index (κ1) is 12.2. The number of benzene rings is 1. The summed E-state index contributed by atoms with van der Waals surface area (Å²) in [5.74, 6) is 0.881. The van der Waals surface area contributed by atoms with Crippen molar-refractivity contribution in [3.8, 4) is 0 Å². The average Bonchev–Trinajstić information content (AvgIpc) is 2.76. The maximum Gasteiger partial charge on any atom is 0.0294 e. The van der Waals surface area contributed by atoms with E-state index in [1.165, 1.54) is 43.6 Å². The fraction of sp³-hybridized carbons (Fsp3) is 0.625. The number of hydrogen-bond acceptors (Lipinski definition) is 2. The Labute approximate surface area is 110 Å². The summed E-state index contributed by atoms with van der Waals surface area (Å²) in [5.41, 5.74) is 2.76. The van der Waals surface area contributed by atoms with Gasteiger partial charge in [-0.1, -0.05) is 29.8 Å². The molecular weight excluding hydrogens is 220 g/mol. The quantitative estimate of drug-likeness (QED) is 0.879. The van der Waals surface area contributed by atoms with Gasteiger partial charge in [0.05, 0.1) is 0 Å². The lowest BCUT2D eigenvalue weighted by atomic mass is 9.92. The summed E-state index contributed by atoms with van der Waals surface area (Å²) in [5, 5.41) is 3.86. The highest BCUT2D eigenvalue weighted by atomic mass is 15.2. The number of nitrogens with one attached hydrogen (secondary N) is 1. The standard InChI is InChI=1S/C16H24N2/c1-12-3-5-14(6-4-12)13(2)17-16-8-10-18-9-7-15(16)11-18/h3-6,13,15-17H,7-11H2,1-2H3/t13-,15?,16?/m1/s1. The zero-order chi connectivity index (χ0) is 12.5. The first-order valence-electron chi connectivity index (χ1n) is 7.27. The summed E-state index contributed by atoms with van der Waals surface area (Å²) in [6, 6.07) is 10.1. The van der Waals surface area contributed by atoms with Gasteiger partial charge in [0.2, 0.25) is 0 Å². The predicted molar refractivity (Wildman–Crippen MR) is 75.7 cm³/mol. The van der Waals surface area contributed by atoms with Crippen LogP contribution in [0.2, 0.25) is 0 Å². The number of aryl methyl sites for hydroxylation is 1. The van der Waals surface area contributed by atoms with Crippen LogP contribution in [0.25, 0.3) is 0 Å². The molecule has 18 heavy (non-hydrogen) atoms. The summed E-state index contributed by atoms with van der Waals surface area (Å²) >= 11 is 0. The molecule has 1 aromatic carbocycles. The minimum Gasteiger partial charge on any atom is -0.307 e. The van der Waals surface area contributed by atoms with Crippen molar-refractivity contribution in [1.82, 2.24) is 10.2 Å². The van der Waals surface area contributed by atoms with E-state index in [0.29, 0.717) is 6.04 Å². The Bertz CT molecular complexity index is 398. The highest BCUT2D eigenvalue weighted by molar-refractivity contribution is 5.23. The molecule has 2 saturated heterocycles. The van der Waals surface area contributed by atoms with Crippen LogP contribution >= 0.6 is 0 Å².